The summed E-state index contributed by atoms with van der Waals surface area (Å²) in [7, 11) is 3.59. The number of benzene rings is 2. The Morgan fingerprint density at radius 3 is 2.47 bits per heavy atom. The van der Waals surface area contributed by atoms with Gasteiger partial charge in [0.05, 0.1) is 11.8 Å². The van der Waals surface area contributed by atoms with Gasteiger partial charge in [0.2, 0.25) is 11.8 Å². The molecule has 3 aromatic rings. The number of aromatic nitrogens is 1. The molecule has 4 rings (SSSR count). The van der Waals surface area contributed by atoms with Gasteiger partial charge in [0.15, 0.2) is 0 Å². The van der Waals surface area contributed by atoms with E-state index in [2.05, 4.69) is 17.1 Å². The zero-order valence-electron chi connectivity index (χ0n) is 18.7. The van der Waals surface area contributed by atoms with Crippen LogP contribution in [0.4, 0.5) is 0 Å². The van der Waals surface area contributed by atoms with E-state index < -0.39 is 5.41 Å². The minimum Gasteiger partial charge on any atom is -0.348 e. The summed E-state index contributed by atoms with van der Waals surface area (Å²) in [6.07, 6.45) is 5.22. The molecule has 1 fully saturated rings. The van der Waals surface area contributed by atoms with E-state index in [0.717, 1.165) is 22.3 Å². The molecule has 1 aromatic heterocycles. The van der Waals surface area contributed by atoms with Crippen molar-refractivity contribution < 1.29 is 9.59 Å². The van der Waals surface area contributed by atoms with Gasteiger partial charge in [-0.25, -0.2) is 0 Å². The molecule has 5 nitrogen and oxygen atoms in total. The molecule has 5 heteroatoms. The van der Waals surface area contributed by atoms with Gasteiger partial charge in [0.1, 0.15) is 0 Å². The van der Waals surface area contributed by atoms with Crippen LogP contribution in [-0.2, 0) is 22.4 Å². The molecule has 164 valence electrons. The van der Waals surface area contributed by atoms with Gasteiger partial charge in [-0.1, -0.05) is 60.7 Å². The molecule has 0 radical (unpaired) electrons. The van der Waals surface area contributed by atoms with Crippen LogP contribution in [0, 0.1) is 5.41 Å². The lowest BCUT2D eigenvalue weighted by atomic mass is 9.78. The van der Waals surface area contributed by atoms with E-state index >= 15 is 0 Å². The Kier molecular flexibility index (Phi) is 6.35. The molecular weight excluding hydrogens is 398 g/mol. The minimum atomic E-state index is -0.631. The third-order valence-corrected chi connectivity index (χ3v) is 6.28. The average molecular weight is 428 g/mol. The molecular formula is C27H29N3O2. The number of rotatable bonds is 6. The van der Waals surface area contributed by atoms with Crippen molar-refractivity contribution in [2.75, 3.05) is 27.2 Å². The van der Waals surface area contributed by atoms with Crippen molar-refractivity contribution in [3.8, 4) is 11.1 Å². The van der Waals surface area contributed by atoms with Crippen molar-refractivity contribution in [1.29, 1.82) is 0 Å². The maximum atomic E-state index is 13.4. The molecule has 0 spiro atoms. The van der Waals surface area contributed by atoms with E-state index in [-0.39, 0.29) is 11.8 Å². The molecule has 1 aliphatic rings. The second kappa shape index (κ2) is 9.35. The smallest absolute Gasteiger partial charge is 0.230 e. The molecule has 32 heavy (non-hydrogen) atoms. The zero-order valence-corrected chi connectivity index (χ0v) is 18.7. The number of carbonyl (C=O) groups is 2. The zero-order chi connectivity index (χ0) is 22.6. The Morgan fingerprint density at radius 1 is 1.00 bits per heavy atom. The Hall–Kier alpha value is -3.47. The van der Waals surface area contributed by atoms with E-state index in [0.29, 0.717) is 32.4 Å². The van der Waals surface area contributed by atoms with Gasteiger partial charge in [0.25, 0.3) is 0 Å². The van der Waals surface area contributed by atoms with Crippen LogP contribution in [0.15, 0.2) is 79.1 Å². The lowest BCUT2D eigenvalue weighted by Crippen LogP contribution is -2.45. The third-order valence-electron chi connectivity index (χ3n) is 6.28. The molecule has 0 bridgehead atoms. The van der Waals surface area contributed by atoms with Gasteiger partial charge in [-0.3, -0.25) is 14.6 Å². The number of hydrogen-bond acceptors (Lipinski definition) is 3. The number of likely N-dealkylation sites (tertiary alicyclic amines) is 1. The molecule has 1 aliphatic heterocycles. The summed E-state index contributed by atoms with van der Waals surface area (Å²) in [5.41, 5.74) is 3.59. The molecule has 0 N–H and O–H groups in total. The Morgan fingerprint density at radius 2 is 1.75 bits per heavy atom. The van der Waals surface area contributed by atoms with Gasteiger partial charge < -0.3 is 9.80 Å². The average Bonchev–Trinajstić information content (AvgIpc) is 3.25. The number of amides is 2. The lowest BCUT2D eigenvalue weighted by molar-refractivity contribution is -0.139. The maximum absolute atomic E-state index is 13.4. The second-order valence-electron chi connectivity index (χ2n) is 8.78. The van der Waals surface area contributed by atoms with Gasteiger partial charge in [-0.05, 0) is 35.6 Å². The highest BCUT2D eigenvalue weighted by Gasteiger charge is 2.46. The topological polar surface area (TPSA) is 53.5 Å². The molecule has 2 amide bonds. The van der Waals surface area contributed by atoms with Crippen molar-refractivity contribution >= 4 is 11.8 Å². The maximum Gasteiger partial charge on any atom is 0.230 e. The molecule has 0 aliphatic carbocycles. The molecule has 1 saturated heterocycles. The molecule has 2 heterocycles. The first-order valence-electron chi connectivity index (χ1n) is 11.0. The Balaban J connectivity index is 1.61. The lowest BCUT2D eigenvalue weighted by Gasteiger charge is -2.32. The fourth-order valence-electron chi connectivity index (χ4n) is 4.68. The van der Waals surface area contributed by atoms with Crippen molar-refractivity contribution in [2.45, 2.75) is 19.3 Å². The number of hydrogen-bond donors (Lipinski definition) is 0. The number of nitrogens with zero attached hydrogens (tertiary/aromatic N) is 3. The standard InChI is InChI=1S/C27H29N3O2/c1-29(2)26(32)27(14-16-30(20-27)25(31)17-21-9-4-3-5-10-21)18-22-11-6-7-13-24(22)23-12-8-15-28-19-23/h3-13,15,19H,14,16-18,20H2,1-2H3/t27-/m1/s1. The van der Waals surface area contributed by atoms with Crippen LogP contribution in [0.3, 0.4) is 0 Å². The number of carbonyl (C=O) groups excluding carboxylic acids is 2. The first kappa shape index (κ1) is 21.8. The largest absolute Gasteiger partial charge is 0.348 e. The quantitative estimate of drug-likeness (QED) is 0.601. The van der Waals surface area contributed by atoms with Crippen LogP contribution in [-0.4, -0.2) is 53.8 Å². The van der Waals surface area contributed by atoms with Crippen LogP contribution < -0.4 is 0 Å². The third kappa shape index (κ3) is 4.57. The van der Waals surface area contributed by atoms with Crippen molar-refractivity contribution in [1.82, 2.24) is 14.8 Å². The highest BCUT2D eigenvalue weighted by molar-refractivity contribution is 5.86. The summed E-state index contributed by atoms with van der Waals surface area (Å²) < 4.78 is 0. The summed E-state index contributed by atoms with van der Waals surface area (Å²) in [5.74, 6) is 0.152. The van der Waals surface area contributed by atoms with Gasteiger partial charge in [0, 0.05) is 45.1 Å². The molecule has 2 aromatic carbocycles. The summed E-state index contributed by atoms with van der Waals surface area (Å²) in [4.78, 5) is 34.2. The second-order valence-corrected chi connectivity index (χ2v) is 8.78. The SMILES string of the molecule is CN(C)C(=O)[C@@]1(Cc2ccccc2-c2cccnc2)CCN(C(=O)Cc2ccccc2)C1. The van der Waals surface area contributed by atoms with Crippen molar-refractivity contribution in [3.05, 3.63) is 90.3 Å². The highest BCUT2D eigenvalue weighted by Crippen LogP contribution is 2.38. The van der Waals surface area contributed by atoms with E-state index in [4.69, 9.17) is 0 Å². The fourth-order valence-corrected chi connectivity index (χ4v) is 4.68. The number of pyridine rings is 1. The first-order valence-corrected chi connectivity index (χ1v) is 11.0. The predicted octanol–water partition coefficient (Wildman–Crippen LogP) is 3.84. The van der Waals surface area contributed by atoms with Gasteiger partial charge >= 0.3 is 0 Å². The van der Waals surface area contributed by atoms with Crippen LogP contribution in [0.1, 0.15) is 17.5 Å². The monoisotopic (exact) mass is 427 g/mol. The molecule has 1 atom stereocenters. The summed E-state index contributed by atoms with van der Waals surface area (Å²) in [6.45, 7) is 1.04. The van der Waals surface area contributed by atoms with Crippen molar-refractivity contribution in [3.63, 3.8) is 0 Å². The highest BCUT2D eigenvalue weighted by atomic mass is 16.2. The van der Waals surface area contributed by atoms with Crippen LogP contribution in [0.25, 0.3) is 11.1 Å². The summed E-state index contributed by atoms with van der Waals surface area (Å²) >= 11 is 0. The Labute approximate surface area is 189 Å². The van der Waals surface area contributed by atoms with Gasteiger partial charge in [-0.2, -0.15) is 0 Å². The van der Waals surface area contributed by atoms with Gasteiger partial charge in [-0.15, -0.1) is 0 Å². The normalized spacial score (nSPS) is 17.9. The van der Waals surface area contributed by atoms with Crippen LogP contribution >= 0.6 is 0 Å². The molecule has 0 saturated carbocycles. The predicted molar refractivity (Wildman–Crippen MR) is 126 cm³/mol. The van der Waals surface area contributed by atoms with Crippen molar-refractivity contribution in [2.24, 2.45) is 5.41 Å². The summed E-state index contributed by atoms with van der Waals surface area (Å²) in [5, 5.41) is 0. The fraction of sp³-hybridized carbons (Fsp3) is 0.296. The molecule has 0 unspecified atom stereocenters. The van der Waals surface area contributed by atoms with Crippen LogP contribution in [0.5, 0.6) is 0 Å². The van der Waals surface area contributed by atoms with E-state index in [1.54, 1.807) is 25.2 Å². The first-order chi connectivity index (χ1) is 15.5. The van der Waals surface area contributed by atoms with E-state index in [1.807, 2.05) is 65.7 Å². The minimum absolute atomic E-state index is 0.0742. The van der Waals surface area contributed by atoms with E-state index in [9.17, 15) is 9.59 Å². The van der Waals surface area contributed by atoms with E-state index in [1.165, 1.54) is 0 Å². The Bertz CT molecular complexity index is 1080. The van der Waals surface area contributed by atoms with Crippen LogP contribution in [0.2, 0.25) is 0 Å². The summed E-state index contributed by atoms with van der Waals surface area (Å²) in [6, 6.07) is 21.9.